The van der Waals surface area contributed by atoms with Crippen LogP contribution in [0.3, 0.4) is 0 Å². The minimum atomic E-state index is 0.0211. The lowest BCUT2D eigenvalue weighted by atomic mass is 9.89. The second kappa shape index (κ2) is 8.67. The number of thioether (sulfide) groups is 1. The van der Waals surface area contributed by atoms with Gasteiger partial charge >= 0.3 is 0 Å². The van der Waals surface area contributed by atoms with E-state index in [0.717, 1.165) is 16.6 Å². The first-order valence-corrected chi connectivity index (χ1v) is 9.97. The Hall–Kier alpha value is -1.34. The van der Waals surface area contributed by atoms with E-state index in [9.17, 15) is 4.79 Å². The molecule has 0 atom stereocenters. The van der Waals surface area contributed by atoms with E-state index in [1.54, 1.807) is 0 Å². The maximum atomic E-state index is 12.0. The molecule has 1 fully saturated rings. The summed E-state index contributed by atoms with van der Waals surface area (Å²) in [6, 6.07) is 7.67. The molecule has 0 bridgehead atoms. The molecule has 0 radical (unpaired) electrons. The molecule has 1 aromatic carbocycles. The zero-order valence-corrected chi connectivity index (χ0v) is 15.7. The van der Waals surface area contributed by atoms with Crippen molar-refractivity contribution < 1.29 is 9.21 Å². The van der Waals surface area contributed by atoms with Crippen LogP contribution in [0.25, 0.3) is 11.5 Å². The van der Waals surface area contributed by atoms with Crippen LogP contribution < -0.4 is 5.32 Å². The van der Waals surface area contributed by atoms with Gasteiger partial charge in [0.2, 0.25) is 11.8 Å². The second-order valence-electron chi connectivity index (χ2n) is 5.98. The molecule has 7 heteroatoms. The largest absolute Gasteiger partial charge is 0.411 e. The van der Waals surface area contributed by atoms with Crippen LogP contribution in [-0.4, -0.2) is 28.4 Å². The average Bonchev–Trinajstić information content (AvgIpc) is 3.08. The fourth-order valence-electron chi connectivity index (χ4n) is 2.83. The molecule has 0 unspecified atom stereocenters. The zero-order chi connectivity index (χ0) is 16.8. The number of rotatable bonds is 6. The predicted molar refractivity (Wildman–Crippen MR) is 97.7 cm³/mol. The van der Waals surface area contributed by atoms with Gasteiger partial charge in [0.25, 0.3) is 5.22 Å². The summed E-state index contributed by atoms with van der Waals surface area (Å²) in [7, 11) is 0. The van der Waals surface area contributed by atoms with Crippen molar-refractivity contribution in [3.05, 3.63) is 28.7 Å². The number of halogens is 1. The van der Waals surface area contributed by atoms with E-state index in [1.807, 2.05) is 24.3 Å². The van der Waals surface area contributed by atoms with Crippen LogP contribution in [0.5, 0.6) is 0 Å². The molecule has 0 aliphatic heterocycles. The van der Waals surface area contributed by atoms with E-state index in [0.29, 0.717) is 22.8 Å². The van der Waals surface area contributed by atoms with E-state index < -0.39 is 0 Å². The Kier molecular flexibility index (Phi) is 6.31. The van der Waals surface area contributed by atoms with Gasteiger partial charge in [0, 0.05) is 16.6 Å². The van der Waals surface area contributed by atoms with Crippen LogP contribution >= 0.6 is 27.7 Å². The van der Waals surface area contributed by atoms with Gasteiger partial charge in [0.05, 0.1) is 5.75 Å². The zero-order valence-electron chi connectivity index (χ0n) is 13.3. The van der Waals surface area contributed by atoms with Crippen molar-refractivity contribution >= 4 is 33.6 Å². The lowest BCUT2D eigenvalue weighted by Crippen LogP contribution is -2.31. The van der Waals surface area contributed by atoms with E-state index >= 15 is 0 Å². The number of nitrogens with one attached hydrogen (secondary N) is 1. The summed E-state index contributed by atoms with van der Waals surface area (Å²) in [5.41, 5.74) is 0.852. The second-order valence-corrected chi connectivity index (χ2v) is 7.82. The summed E-state index contributed by atoms with van der Waals surface area (Å²) < 4.78 is 6.56. The average molecular weight is 410 g/mol. The maximum Gasteiger partial charge on any atom is 0.277 e. The highest BCUT2D eigenvalue weighted by atomic mass is 79.9. The number of carbonyl (C=O) groups excluding carboxylic acids is 1. The molecule has 128 valence electrons. The molecule has 3 rings (SSSR count). The first-order chi connectivity index (χ1) is 11.7. The summed E-state index contributed by atoms with van der Waals surface area (Å²) in [5.74, 6) is 1.42. The van der Waals surface area contributed by atoms with Crippen LogP contribution in [0.4, 0.5) is 0 Å². The molecule has 0 saturated heterocycles. The van der Waals surface area contributed by atoms with Gasteiger partial charge in [-0.15, -0.1) is 10.2 Å². The molecule has 0 spiro atoms. The summed E-state index contributed by atoms with van der Waals surface area (Å²) in [6.45, 7) is 0.784. The molecule has 24 heavy (non-hydrogen) atoms. The third kappa shape index (κ3) is 5.08. The van der Waals surface area contributed by atoms with E-state index in [1.165, 1.54) is 43.9 Å². The Bertz CT molecular complexity index is 686. The topological polar surface area (TPSA) is 68.0 Å². The van der Waals surface area contributed by atoms with E-state index in [2.05, 4.69) is 31.4 Å². The third-order valence-corrected chi connectivity index (χ3v) is 5.43. The van der Waals surface area contributed by atoms with Crippen molar-refractivity contribution in [3.8, 4) is 11.5 Å². The highest BCUT2D eigenvalue weighted by molar-refractivity contribution is 9.10. The lowest BCUT2D eigenvalue weighted by molar-refractivity contribution is -0.118. The third-order valence-electron chi connectivity index (χ3n) is 4.12. The van der Waals surface area contributed by atoms with Gasteiger partial charge in [-0.2, -0.15) is 0 Å². The number of hydrogen-bond acceptors (Lipinski definition) is 5. The molecule has 1 aliphatic carbocycles. The van der Waals surface area contributed by atoms with Crippen molar-refractivity contribution in [2.75, 3.05) is 12.3 Å². The lowest BCUT2D eigenvalue weighted by Gasteiger charge is -2.21. The molecule has 1 aromatic heterocycles. The number of aromatic nitrogens is 2. The van der Waals surface area contributed by atoms with Crippen LogP contribution in [0.15, 0.2) is 38.4 Å². The number of amides is 1. The van der Waals surface area contributed by atoms with Gasteiger partial charge in [-0.1, -0.05) is 53.0 Å². The maximum absolute atomic E-state index is 12.0. The van der Waals surface area contributed by atoms with Crippen molar-refractivity contribution in [1.82, 2.24) is 15.5 Å². The first-order valence-electron chi connectivity index (χ1n) is 8.19. The minimum Gasteiger partial charge on any atom is -0.411 e. The fourth-order valence-corrected chi connectivity index (χ4v) is 3.83. The van der Waals surface area contributed by atoms with E-state index in [-0.39, 0.29) is 5.91 Å². The van der Waals surface area contributed by atoms with Crippen LogP contribution in [0.1, 0.15) is 32.1 Å². The quantitative estimate of drug-likeness (QED) is 0.720. The molecule has 5 nitrogen and oxygen atoms in total. The van der Waals surface area contributed by atoms with Crippen molar-refractivity contribution in [2.45, 2.75) is 37.3 Å². The number of benzene rings is 1. The monoisotopic (exact) mass is 409 g/mol. The van der Waals surface area contributed by atoms with Crippen molar-refractivity contribution in [3.63, 3.8) is 0 Å². The van der Waals surface area contributed by atoms with Gasteiger partial charge < -0.3 is 9.73 Å². The van der Waals surface area contributed by atoms with Crippen LogP contribution in [0, 0.1) is 5.92 Å². The molecule has 2 aromatic rings. The van der Waals surface area contributed by atoms with E-state index in [4.69, 9.17) is 4.42 Å². The molecule has 1 saturated carbocycles. The summed E-state index contributed by atoms with van der Waals surface area (Å²) in [4.78, 5) is 12.0. The molecule has 1 amide bonds. The summed E-state index contributed by atoms with van der Waals surface area (Å²) >= 11 is 4.69. The van der Waals surface area contributed by atoms with Crippen LogP contribution in [0.2, 0.25) is 0 Å². The summed E-state index contributed by atoms with van der Waals surface area (Å²) in [6.07, 6.45) is 6.36. The standard InChI is InChI=1S/C17H20BrN3O2S/c18-14-8-4-7-13(9-14)16-20-21-17(23-16)24-11-15(22)19-10-12-5-2-1-3-6-12/h4,7-9,12H,1-3,5-6,10-11H2,(H,19,22). The Morgan fingerprint density at radius 1 is 1.29 bits per heavy atom. The van der Waals surface area contributed by atoms with Gasteiger partial charge in [0.15, 0.2) is 0 Å². The minimum absolute atomic E-state index is 0.0211. The molecule has 1 heterocycles. The van der Waals surface area contributed by atoms with Crippen molar-refractivity contribution in [2.24, 2.45) is 5.92 Å². The normalized spacial score (nSPS) is 15.4. The van der Waals surface area contributed by atoms with Gasteiger partial charge in [0.1, 0.15) is 0 Å². The highest BCUT2D eigenvalue weighted by Crippen LogP contribution is 2.25. The fraction of sp³-hybridized carbons (Fsp3) is 0.471. The van der Waals surface area contributed by atoms with Gasteiger partial charge in [-0.25, -0.2) is 0 Å². The number of carbonyl (C=O) groups is 1. The smallest absolute Gasteiger partial charge is 0.277 e. The Morgan fingerprint density at radius 2 is 2.12 bits per heavy atom. The Morgan fingerprint density at radius 3 is 2.92 bits per heavy atom. The Balaban J connectivity index is 1.45. The predicted octanol–water partition coefficient (Wildman–Crippen LogP) is 4.29. The molecular formula is C17H20BrN3O2S. The van der Waals surface area contributed by atoms with Crippen LogP contribution in [-0.2, 0) is 4.79 Å². The molecular weight excluding hydrogens is 390 g/mol. The van der Waals surface area contributed by atoms with Gasteiger partial charge in [-0.05, 0) is 37.0 Å². The number of nitrogens with zero attached hydrogens (tertiary/aromatic N) is 2. The summed E-state index contributed by atoms with van der Waals surface area (Å²) in [5, 5.41) is 11.5. The molecule has 1 aliphatic rings. The van der Waals surface area contributed by atoms with Crippen molar-refractivity contribution in [1.29, 1.82) is 0 Å². The van der Waals surface area contributed by atoms with Gasteiger partial charge in [-0.3, -0.25) is 4.79 Å². The Labute approximate surface area is 154 Å². The first kappa shape index (κ1) is 17.5. The number of hydrogen-bond donors (Lipinski definition) is 1. The SMILES string of the molecule is O=C(CSc1nnc(-c2cccc(Br)c2)o1)NCC1CCCCC1. The highest BCUT2D eigenvalue weighted by Gasteiger charge is 2.15. The molecule has 1 N–H and O–H groups in total.